The van der Waals surface area contributed by atoms with Crippen molar-refractivity contribution in [3.8, 4) is 0 Å². The Morgan fingerprint density at radius 3 is 2.71 bits per heavy atom. The highest BCUT2D eigenvalue weighted by atomic mass is 19.1. The van der Waals surface area contributed by atoms with Crippen LogP contribution in [-0.2, 0) is 0 Å². The van der Waals surface area contributed by atoms with E-state index >= 15 is 0 Å². The molecule has 1 N–H and O–H groups in total. The second kappa shape index (κ2) is 3.64. The molecule has 0 amide bonds. The number of benzene rings is 1. The first kappa shape index (κ1) is 8.97. The molecule has 1 heterocycles. The smallest absolute Gasteiger partial charge is 0.137 e. The van der Waals surface area contributed by atoms with Gasteiger partial charge in [-0.15, -0.1) is 0 Å². The van der Waals surface area contributed by atoms with Crippen LogP contribution >= 0.6 is 0 Å². The van der Waals surface area contributed by atoms with Gasteiger partial charge >= 0.3 is 0 Å². The van der Waals surface area contributed by atoms with Gasteiger partial charge in [0.1, 0.15) is 17.7 Å². The molecule has 0 unspecified atom stereocenters. The van der Waals surface area contributed by atoms with E-state index in [4.69, 9.17) is 4.42 Å². The summed E-state index contributed by atoms with van der Waals surface area (Å²) in [6.07, 6.45) is 0.568. The number of hydrogen-bond donors (Lipinski definition) is 1. The molecule has 0 aliphatic heterocycles. The van der Waals surface area contributed by atoms with Crippen molar-refractivity contribution >= 4 is 0 Å². The Morgan fingerprint density at radius 2 is 2.07 bits per heavy atom. The molecule has 2 nitrogen and oxygen atoms in total. The van der Waals surface area contributed by atoms with Crippen molar-refractivity contribution < 1.29 is 13.9 Å². The summed E-state index contributed by atoms with van der Waals surface area (Å²) in [7, 11) is 0. The van der Waals surface area contributed by atoms with Crippen LogP contribution in [0.1, 0.15) is 17.4 Å². The molecular formula is C11H9FO2. The van der Waals surface area contributed by atoms with Crippen LogP contribution in [0.2, 0.25) is 0 Å². The van der Waals surface area contributed by atoms with Gasteiger partial charge in [0, 0.05) is 0 Å². The maximum absolute atomic E-state index is 12.8. The van der Waals surface area contributed by atoms with Gasteiger partial charge < -0.3 is 9.52 Å². The average Bonchev–Trinajstić information content (AvgIpc) is 2.69. The number of aliphatic hydroxyl groups excluding tert-OH is 1. The average molecular weight is 192 g/mol. The second-order valence-corrected chi connectivity index (χ2v) is 2.97. The third-order valence-electron chi connectivity index (χ3n) is 1.98. The second-order valence-electron chi connectivity index (χ2n) is 2.97. The number of rotatable bonds is 2. The Morgan fingerprint density at radius 1 is 1.21 bits per heavy atom. The lowest BCUT2D eigenvalue weighted by Crippen LogP contribution is -1.97. The van der Waals surface area contributed by atoms with Gasteiger partial charge in [-0.3, -0.25) is 0 Å². The Kier molecular flexibility index (Phi) is 2.33. The van der Waals surface area contributed by atoms with E-state index in [2.05, 4.69) is 0 Å². The van der Waals surface area contributed by atoms with Crippen molar-refractivity contribution in [3.05, 3.63) is 59.8 Å². The van der Waals surface area contributed by atoms with Gasteiger partial charge in [-0.05, 0) is 29.8 Å². The fraction of sp³-hybridized carbons (Fsp3) is 0.0909. The topological polar surface area (TPSA) is 33.4 Å². The quantitative estimate of drug-likeness (QED) is 0.793. The van der Waals surface area contributed by atoms with Crippen LogP contribution in [0.15, 0.2) is 47.1 Å². The minimum absolute atomic E-state index is 0.367. The number of hydrogen-bond acceptors (Lipinski definition) is 2. The minimum Gasteiger partial charge on any atom is -0.466 e. The molecule has 0 saturated carbocycles. The van der Waals surface area contributed by atoms with Gasteiger partial charge in [0.25, 0.3) is 0 Å². The van der Waals surface area contributed by atoms with Gasteiger partial charge in [-0.2, -0.15) is 0 Å². The molecule has 2 aromatic rings. The van der Waals surface area contributed by atoms with E-state index in [1.54, 1.807) is 24.3 Å². The molecule has 1 atom stereocenters. The molecule has 0 aliphatic carbocycles. The molecule has 0 spiro atoms. The number of aliphatic hydroxyl groups is 1. The van der Waals surface area contributed by atoms with Crippen LogP contribution < -0.4 is 0 Å². The van der Waals surface area contributed by atoms with Gasteiger partial charge in [-0.1, -0.05) is 12.1 Å². The lowest BCUT2D eigenvalue weighted by Gasteiger charge is -2.07. The zero-order valence-corrected chi connectivity index (χ0v) is 7.35. The highest BCUT2D eigenvalue weighted by Crippen LogP contribution is 2.22. The summed E-state index contributed by atoms with van der Waals surface area (Å²) in [5.41, 5.74) is 0.486. The molecule has 2 rings (SSSR count). The standard InChI is InChI=1S/C11H9FO2/c12-9-4-1-3-8(7-9)11(13)10-5-2-6-14-10/h1-7,11,13H/t11-/m0/s1. The highest BCUT2D eigenvalue weighted by molar-refractivity contribution is 5.24. The molecule has 0 aliphatic rings. The fourth-order valence-corrected chi connectivity index (χ4v) is 1.29. The van der Waals surface area contributed by atoms with Crippen LogP contribution in [0, 0.1) is 5.82 Å². The SMILES string of the molecule is O[C@@H](c1cccc(F)c1)c1ccco1. The largest absolute Gasteiger partial charge is 0.466 e. The van der Waals surface area contributed by atoms with Crippen LogP contribution in [0.5, 0.6) is 0 Å². The lowest BCUT2D eigenvalue weighted by molar-refractivity contribution is 0.189. The van der Waals surface area contributed by atoms with E-state index < -0.39 is 6.10 Å². The summed E-state index contributed by atoms with van der Waals surface area (Å²) in [6, 6.07) is 9.14. The van der Waals surface area contributed by atoms with Crippen LogP contribution in [0.4, 0.5) is 4.39 Å². The lowest BCUT2D eigenvalue weighted by atomic mass is 10.1. The summed E-state index contributed by atoms with van der Waals surface area (Å²) in [5, 5.41) is 9.74. The zero-order valence-electron chi connectivity index (χ0n) is 7.35. The summed E-state index contributed by atoms with van der Waals surface area (Å²) in [4.78, 5) is 0. The molecule has 3 heteroatoms. The van der Waals surface area contributed by atoms with Crippen molar-refractivity contribution in [2.75, 3.05) is 0 Å². The summed E-state index contributed by atoms with van der Waals surface area (Å²) >= 11 is 0. The van der Waals surface area contributed by atoms with E-state index in [-0.39, 0.29) is 5.82 Å². The molecule has 1 aromatic heterocycles. The summed E-state index contributed by atoms with van der Waals surface area (Å²) < 4.78 is 17.8. The molecular weight excluding hydrogens is 183 g/mol. The Hall–Kier alpha value is -1.61. The molecule has 0 saturated heterocycles. The van der Waals surface area contributed by atoms with Crippen molar-refractivity contribution in [2.24, 2.45) is 0 Å². The highest BCUT2D eigenvalue weighted by Gasteiger charge is 2.12. The van der Waals surface area contributed by atoms with Gasteiger partial charge in [0.15, 0.2) is 0 Å². The number of halogens is 1. The molecule has 14 heavy (non-hydrogen) atoms. The number of furan rings is 1. The first-order valence-corrected chi connectivity index (χ1v) is 4.24. The van der Waals surface area contributed by atoms with Crippen molar-refractivity contribution in [2.45, 2.75) is 6.10 Å². The minimum atomic E-state index is -0.902. The van der Waals surface area contributed by atoms with Crippen LogP contribution in [0.3, 0.4) is 0 Å². The van der Waals surface area contributed by atoms with E-state index in [1.165, 1.54) is 18.4 Å². The van der Waals surface area contributed by atoms with Crippen LogP contribution in [-0.4, -0.2) is 5.11 Å². The van der Waals surface area contributed by atoms with E-state index in [9.17, 15) is 9.50 Å². The Labute approximate surface area is 80.6 Å². The predicted molar refractivity (Wildman–Crippen MR) is 49.2 cm³/mol. The third kappa shape index (κ3) is 1.67. The maximum atomic E-state index is 12.8. The predicted octanol–water partition coefficient (Wildman–Crippen LogP) is 2.50. The molecule has 72 valence electrons. The summed E-state index contributed by atoms with van der Waals surface area (Å²) in [5.74, 6) is 0.0451. The van der Waals surface area contributed by atoms with Crippen molar-refractivity contribution in [3.63, 3.8) is 0 Å². The van der Waals surface area contributed by atoms with E-state index in [0.717, 1.165) is 0 Å². The zero-order chi connectivity index (χ0) is 9.97. The monoisotopic (exact) mass is 192 g/mol. The molecule has 0 radical (unpaired) electrons. The first-order chi connectivity index (χ1) is 6.77. The Balaban J connectivity index is 2.32. The van der Waals surface area contributed by atoms with Crippen molar-refractivity contribution in [1.29, 1.82) is 0 Å². The normalized spacial score (nSPS) is 12.7. The molecule has 0 bridgehead atoms. The summed E-state index contributed by atoms with van der Waals surface area (Å²) in [6.45, 7) is 0. The van der Waals surface area contributed by atoms with E-state index in [0.29, 0.717) is 11.3 Å². The first-order valence-electron chi connectivity index (χ1n) is 4.24. The Bertz CT molecular complexity index is 409. The maximum Gasteiger partial charge on any atom is 0.137 e. The molecule has 1 aromatic carbocycles. The molecule has 0 fully saturated rings. The third-order valence-corrected chi connectivity index (χ3v) is 1.98. The van der Waals surface area contributed by atoms with Gasteiger partial charge in [0.2, 0.25) is 0 Å². The van der Waals surface area contributed by atoms with Gasteiger partial charge in [-0.25, -0.2) is 4.39 Å². The fourth-order valence-electron chi connectivity index (χ4n) is 1.29. The van der Waals surface area contributed by atoms with E-state index in [1.807, 2.05) is 0 Å². The van der Waals surface area contributed by atoms with Crippen LogP contribution in [0.25, 0.3) is 0 Å². The van der Waals surface area contributed by atoms with Crippen molar-refractivity contribution in [1.82, 2.24) is 0 Å². The van der Waals surface area contributed by atoms with Gasteiger partial charge in [0.05, 0.1) is 6.26 Å².